The summed E-state index contributed by atoms with van der Waals surface area (Å²) < 4.78 is 8.58. The molecule has 7 aromatic rings. The molecular weight excluding hydrogens is 543 g/mol. The highest BCUT2D eigenvalue weighted by atomic mass is 32.2. The Morgan fingerprint density at radius 3 is 2.33 bits per heavy atom. The molecule has 204 valence electrons. The summed E-state index contributed by atoms with van der Waals surface area (Å²) >= 11 is 1.45. The molecule has 0 amide bonds. The third-order valence-electron chi connectivity index (χ3n) is 8.96. The molecule has 2 N–H and O–H groups in total. The van der Waals surface area contributed by atoms with Crippen LogP contribution >= 0.6 is 12.1 Å². The number of hydrogen-bond acceptors (Lipinski definition) is 3. The summed E-state index contributed by atoms with van der Waals surface area (Å²) in [5.74, 6) is 0. The van der Waals surface area contributed by atoms with Crippen molar-refractivity contribution in [1.82, 2.24) is 9.71 Å². The van der Waals surface area contributed by atoms with Crippen LogP contribution in [0.4, 0.5) is 0 Å². The summed E-state index contributed by atoms with van der Waals surface area (Å²) in [4.78, 5) is 3.71. The summed E-state index contributed by atoms with van der Waals surface area (Å²) in [6.07, 6.45) is 3.15. The smallest absolute Gasteiger partial charge is 0.0900 e. The Bertz CT molecular complexity index is 2280. The maximum atomic E-state index is 4.98. The van der Waals surface area contributed by atoms with Gasteiger partial charge in [-0.15, -0.1) is 0 Å². The fourth-order valence-electron chi connectivity index (χ4n) is 7.07. The molecule has 0 saturated carbocycles. The van der Waals surface area contributed by atoms with Crippen molar-refractivity contribution >= 4 is 61.9 Å². The highest BCUT2D eigenvalue weighted by Crippen LogP contribution is 2.45. The van der Waals surface area contributed by atoms with Crippen LogP contribution in [-0.4, -0.2) is 10.7 Å². The SMILES string of the molecule is C1=C(c2cccc3c2c(Cc2ccccc2-c2ccccc2)cc2ccccc23)C2=NSNC2c2c1[nH]c1ccccc21. The van der Waals surface area contributed by atoms with E-state index < -0.39 is 0 Å². The average molecular weight is 570 g/mol. The first kappa shape index (κ1) is 24.7. The fraction of sp³-hybridized carbons (Fsp3) is 0.0513. The normalized spacial score (nSPS) is 15.9. The van der Waals surface area contributed by atoms with Gasteiger partial charge in [0.1, 0.15) is 0 Å². The van der Waals surface area contributed by atoms with E-state index in [0.717, 1.165) is 23.3 Å². The van der Waals surface area contributed by atoms with Crippen molar-refractivity contribution in [2.45, 2.75) is 12.5 Å². The molecule has 0 fully saturated rings. The monoisotopic (exact) mass is 569 g/mol. The molecule has 1 unspecified atom stereocenters. The molecule has 43 heavy (non-hydrogen) atoms. The molecule has 0 radical (unpaired) electrons. The lowest BCUT2D eigenvalue weighted by Crippen LogP contribution is -2.23. The second-order valence-corrected chi connectivity index (χ2v) is 12.0. The molecule has 2 heterocycles. The van der Waals surface area contributed by atoms with E-state index in [-0.39, 0.29) is 6.04 Å². The van der Waals surface area contributed by atoms with E-state index in [2.05, 4.69) is 143 Å². The largest absolute Gasteiger partial charge is 0.355 e. The van der Waals surface area contributed by atoms with Crippen molar-refractivity contribution in [3.63, 3.8) is 0 Å². The number of hydrogen-bond donors (Lipinski definition) is 2. The summed E-state index contributed by atoms with van der Waals surface area (Å²) in [5, 5.41) is 6.38. The quantitative estimate of drug-likeness (QED) is 0.164. The number of para-hydroxylation sites is 1. The van der Waals surface area contributed by atoms with Gasteiger partial charge in [-0.05, 0) is 67.9 Å². The van der Waals surface area contributed by atoms with Gasteiger partial charge in [-0.1, -0.05) is 121 Å². The maximum absolute atomic E-state index is 4.98. The third-order valence-corrected chi connectivity index (χ3v) is 9.59. The van der Waals surface area contributed by atoms with Gasteiger partial charge in [0.25, 0.3) is 0 Å². The molecular formula is C39H27N3S. The third kappa shape index (κ3) is 3.91. The van der Waals surface area contributed by atoms with Crippen LogP contribution in [0.3, 0.4) is 0 Å². The predicted molar refractivity (Wildman–Crippen MR) is 183 cm³/mol. The van der Waals surface area contributed by atoms with Crippen molar-refractivity contribution in [1.29, 1.82) is 0 Å². The van der Waals surface area contributed by atoms with E-state index in [1.165, 1.54) is 78.0 Å². The molecule has 1 aliphatic heterocycles. The minimum atomic E-state index is 0.0362. The van der Waals surface area contributed by atoms with Crippen LogP contribution in [0.2, 0.25) is 0 Å². The number of nitrogens with one attached hydrogen (secondary N) is 2. The minimum Gasteiger partial charge on any atom is -0.355 e. The van der Waals surface area contributed by atoms with E-state index >= 15 is 0 Å². The van der Waals surface area contributed by atoms with Gasteiger partial charge in [0.05, 0.1) is 23.9 Å². The summed E-state index contributed by atoms with van der Waals surface area (Å²) in [7, 11) is 0. The van der Waals surface area contributed by atoms with Crippen LogP contribution in [0.5, 0.6) is 0 Å². The van der Waals surface area contributed by atoms with Crippen molar-refractivity contribution in [2.75, 3.05) is 0 Å². The zero-order chi connectivity index (χ0) is 28.3. The second kappa shape index (κ2) is 9.84. The average Bonchev–Trinajstić information content (AvgIpc) is 3.70. The van der Waals surface area contributed by atoms with Crippen LogP contribution in [-0.2, 0) is 6.42 Å². The molecule has 1 aromatic heterocycles. The topological polar surface area (TPSA) is 40.2 Å². The van der Waals surface area contributed by atoms with Gasteiger partial charge >= 0.3 is 0 Å². The standard InChI is InChI=1S/C39H27N3S/c1-2-11-24(12-3-1)28-15-6-4-13-25(28)21-27-22-26-14-5-7-16-29(26)30-18-10-19-31(36(27)30)33-23-35-37(39-38(33)41-43-42-39)32-17-8-9-20-34(32)40-35/h1-20,22-23,39-40,42H,21H2. The van der Waals surface area contributed by atoms with Crippen molar-refractivity contribution in [3.8, 4) is 11.1 Å². The van der Waals surface area contributed by atoms with Crippen molar-refractivity contribution in [3.05, 3.63) is 155 Å². The highest BCUT2D eigenvalue weighted by molar-refractivity contribution is 7.96. The Morgan fingerprint density at radius 2 is 1.40 bits per heavy atom. The molecule has 3 nitrogen and oxygen atoms in total. The molecule has 1 aliphatic carbocycles. The summed E-state index contributed by atoms with van der Waals surface area (Å²) in [6, 6.07) is 46.1. The summed E-state index contributed by atoms with van der Waals surface area (Å²) in [6.45, 7) is 0. The lowest BCUT2D eigenvalue weighted by atomic mass is 9.82. The number of fused-ring (bicyclic) bond motifs is 8. The van der Waals surface area contributed by atoms with E-state index in [1.807, 2.05) is 0 Å². The van der Waals surface area contributed by atoms with Crippen molar-refractivity contribution < 1.29 is 0 Å². The number of nitrogens with zero attached hydrogens (tertiary/aromatic N) is 1. The van der Waals surface area contributed by atoms with Gasteiger partial charge in [0.15, 0.2) is 0 Å². The fourth-order valence-corrected chi connectivity index (χ4v) is 7.76. The van der Waals surface area contributed by atoms with Crippen LogP contribution in [0.25, 0.3) is 55.2 Å². The molecule has 4 heteroatoms. The summed E-state index contributed by atoms with van der Waals surface area (Å²) in [5.41, 5.74) is 12.3. The Morgan fingerprint density at radius 1 is 0.651 bits per heavy atom. The minimum absolute atomic E-state index is 0.0362. The lowest BCUT2D eigenvalue weighted by Gasteiger charge is -2.23. The van der Waals surface area contributed by atoms with Crippen LogP contribution in [0.15, 0.2) is 132 Å². The molecule has 0 saturated heterocycles. The molecule has 0 bridgehead atoms. The Labute approximate surface area is 254 Å². The number of aromatic nitrogens is 1. The molecule has 9 rings (SSSR count). The van der Waals surface area contributed by atoms with E-state index in [4.69, 9.17) is 4.40 Å². The van der Waals surface area contributed by atoms with E-state index in [1.54, 1.807) is 0 Å². The highest BCUT2D eigenvalue weighted by Gasteiger charge is 2.35. The van der Waals surface area contributed by atoms with Gasteiger partial charge in [0.2, 0.25) is 0 Å². The molecule has 6 aromatic carbocycles. The lowest BCUT2D eigenvalue weighted by molar-refractivity contribution is 0.909. The number of aromatic amines is 1. The van der Waals surface area contributed by atoms with E-state index in [0.29, 0.717) is 0 Å². The van der Waals surface area contributed by atoms with Gasteiger partial charge in [-0.25, -0.2) is 9.12 Å². The number of benzene rings is 6. The second-order valence-electron chi connectivity index (χ2n) is 11.4. The molecule has 2 aliphatic rings. The van der Waals surface area contributed by atoms with Crippen LogP contribution in [0.1, 0.15) is 34.0 Å². The van der Waals surface area contributed by atoms with Gasteiger partial charge < -0.3 is 4.98 Å². The first-order valence-electron chi connectivity index (χ1n) is 14.7. The van der Waals surface area contributed by atoms with Crippen LogP contribution < -0.4 is 4.72 Å². The molecule has 0 spiro atoms. The predicted octanol–water partition coefficient (Wildman–Crippen LogP) is 9.93. The van der Waals surface area contributed by atoms with Gasteiger partial charge in [0, 0.05) is 27.7 Å². The molecule has 1 atom stereocenters. The van der Waals surface area contributed by atoms with Crippen LogP contribution in [0, 0.1) is 0 Å². The Kier molecular flexibility index (Phi) is 5.65. The first-order valence-corrected chi connectivity index (χ1v) is 15.5. The van der Waals surface area contributed by atoms with Crippen molar-refractivity contribution in [2.24, 2.45) is 4.40 Å². The zero-order valence-electron chi connectivity index (χ0n) is 23.3. The zero-order valence-corrected chi connectivity index (χ0v) is 24.2. The van der Waals surface area contributed by atoms with Gasteiger partial charge in [-0.2, -0.15) is 0 Å². The Balaban J connectivity index is 1.30. The van der Waals surface area contributed by atoms with Gasteiger partial charge in [-0.3, -0.25) is 0 Å². The Hall–Kier alpha value is -4.90. The first-order chi connectivity index (χ1) is 21.3. The number of rotatable bonds is 4. The van der Waals surface area contributed by atoms with E-state index in [9.17, 15) is 0 Å². The maximum Gasteiger partial charge on any atom is 0.0900 e. The number of H-pyrrole nitrogens is 1.